The molecule has 1 aliphatic heterocycles. The van der Waals surface area contributed by atoms with Gasteiger partial charge >= 0.3 is 6.03 Å². The van der Waals surface area contributed by atoms with Crippen LogP contribution in [0.15, 0.2) is 30.5 Å². The lowest BCUT2D eigenvalue weighted by atomic mass is 10.1. The van der Waals surface area contributed by atoms with E-state index in [1.807, 2.05) is 0 Å². The number of fused-ring (bicyclic) bond motifs is 3. The van der Waals surface area contributed by atoms with Gasteiger partial charge in [-0.3, -0.25) is 5.32 Å². The summed E-state index contributed by atoms with van der Waals surface area (Å²) in [7, 11) is 0. The van der Waals surface area contributed by atoms with Crippen molar-refractivity contribution in [1.82, 2.24) is 10.3 Å². The number of nitrogens with one attached hydrogen (secondary N) is 2. The van der Waals surface area contributed by atoms with Crippen LogP contribution < -0.4 is 15.4 Å². The lowest BCUT2D eigenvalue weighted by molar-refractivity contribution is 0.249. The van der Waals surface area contributed by atoms with E-state index in [1.54, 1.807) is 24.3 Å². The number of anilines is 1. The minimum atomic E-state index is -0.330. The van der Waals surface area contributed by atoms with Gasteiger partial charge in [0.15, 0.2) is 0 Å². The molecular formula is C16H12Cl3N3O2. The zero-order valence-electron chi connectivity index (χ0n) is 12.2. The first kappa shape index (κ1) is 15.8. The highest BCUT2D eigenvalue weighted by molar-refractivity contribution is 6.35. The first-order valence-electron chi connectivity index (χ1n) is 7.34. The van der Waals surface area contributed by atoms with E-state index < -0.39 is 0 Å². The van der Waals surface area contributed by atoms with Gasteiger partial charge in [-0.15, -0.1) is 0 Å². The zero-order chi connectivity index (χ0) is 16.8. The topological polar surface area (TPSA) is 63.2 Å². The highest BCUT2D eigenvalue weighted by atomic mass is 35.5. The Balaban J connectivity index is 1.47. The molecule has 4 rings (SSSR count). The number of pyridine rings is 1. The molecule has 0 spiro atoms. The van der Waals surface area contributed by atoms with Crippen molar-refractivity contribution < 1.29 is 9.53 Å². The van der Waals surface area contributed by atoms with E-state index in [2.05, 4.69) is 15.6 Å². The molecule has 2 N–H and O–H groups in total. The standard InChI is InChI=1S/C16H12Cl3N3O2/c17-7-1-4-11(20-5-7)21-16(23)22-14-8-6-24-15-10(19)3-2-9(18)13(15)12(8)14/h1-5,8,12,14H,6H2,(H2,20,21,22,23)/t8-,12-,14-/m1/s1. The Hall–Kier alpha value is -1.69. The lowest BCUT2D eigenvalue weighted by Gasteiger charge is -2.18. The number of urea groups is 1. The molecule has 1 aromatic heterocycles. The van der Waals surface area contributed by atoms with Crippen LogP contribution in [-0.2, 0) is 0 Å². The molecule has 1 aliphatic carbocycles. The number of amides is 2. The predicted octanol–water partition coefficient (Wildman–Crippen LogP) is 4.34. The van der Waals surface area contributed by atoms with Crippen molar-refractivity contribution in [3.05, 3.63) is 51.1 Å². The Morgan fingerprint density at radius 1 is 1.17 bits per heavy atom. The Morgan fingerprint density at radius 3 is 2.71 bits per heavy atom. The van der Waals surface area contributed by atoms with Crippen LogP contribution >= 0.6 is 34.8 Å². The van der Waals surface area contributed by atoms with Gasteiger partial charge in [-0.1, -0.05) is 34.8 Å². The highest BCUT2D eigenvalue weighted by Crippen LogP contribution is 2.57. The van der Waals surface area contributed by atoms with Crippen molar-refractivity contribution in [2.24, 2.45) is 5.92 Å². The number of halogens is 3. The van der Waals surface area contributed by atoms with Gasteiger partial charge in [0.2, 0.25) is 0 Å². The summed E-state index contributed by atoms with van der Waals surface area (Å²) in [5.41, 5.74) is 0.871. The van der Waals surface area contributed by atoms with E-state index in [-0.39, 0.29) is 23.9 Å². The third kappa shape index (κ3) is 2.77. The van der Waals surface area contributed by atoms with Gasteiger partial charge < -0.3 is 10.1 Å². The van der Waals surface area contributed by atoms with Crippen molar-refractivity contribution in [2.45, 2.75) is 12.0 Å². The Kier molecular flexibility index (Phi) is 3.95. The van der Waals surface area contributed by atoms with Crippen molar-refractivity contribution in [1.29, 1.82) is 0 Å². The zero-order valence-corrected chi connectivity index (χ0v) is 14.5. The Labute approximate surface area is 153 Å². The molecule has 1 aromatic carbocycles. The Morgan fingerprint density at radius 2 is 1.96 bits per heavy atom. The minimum absolute atomic E-state index is 0.0467. The van der Waals surface area contributed by atoms with Gasteiger partial charge in [0.1, 0.15) is 11.6 Å². The number of carbonyl (C=O) groups is 1. The average Bonchev–Trinajstić information content (AvgIpc) is 3.26. The summed E-state index contributed by atoms with van der Waals surface area (Å²) in [6, 6.07) is 6.39. The summed E-state index contributed by atoms with van der Waals surface area (Å²) in [5.74, 6) is 1.36. The fraction of sp³-hybridized carbons (Fsp3) is 0.250. The number of hydrogen-bond acceptors (Lipinski definition) is 3. The van der Waals surface area contributed by atoms with E-state index in [0.717, 1.165) is 5.56 Å². The molecule has 2 aliphatic rings. The van der Waals surface area contributed by atoms with Crippen LogP contribution in [0.1, 0.15) is 11.5 Å². The molecule has 124 valence electrons. The first-order valence-corrected chi connectivity index (χ1v) is 8.48. The average molecular weight is 385 g/mol. The molecule has 0 unspecified atom stereocenters. The van der Waals surface area contributed by atoms with E-state index in [4.69, 9.17) is 39.5 Å². The van der Waals surface area contributed by atoms with Crippen molar-refractivity contribution in [3.63, 3.8) is 0 Å². The second kappa shape index (κ2) is 5.99. The summed E-state index contributed by atoms with van der Waals surface area (Å²) in [6.07, 6.45) is 1.47. The summed E-state index contributed by atoms with van der Waals surface area (Å²) in [6.45, 7) is 0.502. The van der Waals surface area contributed by atoms with Crippen LogP contribution in [0.3, 0.4) is 0 Å². The normalized spacial score (nSPS) is 23.5. The Bertz CT molecular complexity index is 813. The van der Waals surface area contributed by atoms with Crippen LogP contribution in [-0.4, -0.2) is 23.7 Å². The SMILES string of the molecule is O=C(Nc1ccc(Cl)cn1)N[C@@H]1[C@@H]2COc3c(Cl)ccc(Cl)c3[C@@H]21. The maximum Gasteiger partial charge on any atom is 0.320 e. The number of aromatic nitrogens is 1. The van der Waals surface area contributed by atoms with Crippen LogP contribution in [0.5, 0.6) is 5.75 Å². The van der Waals surface area contributed by atoms with Gasteiger partial charge in [0, 0.05) is 34.7 Å². The van der Waals surface area contributed by atoms with Crippen LogP contribution in [0.25, 0.3) is 0 Å². The first-order chi connectivity index (χ1) is 11.5. The molecule has 5 nitrogen and oxygen atoms in total. The molecular weight excluding hydrogens is 373 g/mol. The number of hydrogen-bond donors (Lipinski definition) is 2. The van der Waals surface area contributed by atoms with E-state index in [1.165, 1.54) is 6.20 Å². The molecule has 8 heteroatoms. The van der Waals surface area contributed by atoms with E-state index in [9.17, 15) is 4.79 Å². The fourth-order valence-corrected chi connectivity index (χ4v) is 3.72. The molecule has 2 aromatic rings. The third-order valence-electron chi connectivity index (χ3n) is 4.28. The molecule has 0 bridgehead atoms. The van der Waals surface area contributed by atoms with Gasteiger partial charge in [-0.05, 0) is 24.3 Å². The van der Waals surface area contributed by atoms with E-state index in [0.29, 0.717) is 33.2 Å². The third-order valence-corrected chi connectivity index (χ3v) is 5.13. The summed E-state index contributed by atoms with van der Waals surface area (Å²) >= 11 is 18.2. The van der Waals surface area contributed by atoms with E-state index >= 15 is 0 Å². The fourth-order valence-electron chi connectivity index (χ4n) is 3.11. The molecule has 1 saturated carbocycles. The summed E-state index contributed by atoms with van der Waals surface area (Å²) in [5, 5.41) is 7.27. The monoisotopic (exact) mass is 383 g/mol. The largest absolute Gasteiger partial charge is 0.491 e. The smallest absolute Gasteiger partial charge is 0.320 e. The molecule has 1 fully saturated rings. The molecule has 2 amide bonds. The number of rotatable bonds is 2. The van der Waals surface area contributed by atoms with Crippen LogP contribution in [0.2, 0.25) is 15.1 Å². The maximum atomic E-state index is 12.2. The van der Waals surface area contributed by atoms with Crippen molar-refractivity contribution >= 4 is 46.7 Å². The number of nitrogens with zero attached hydrogens (tertiary/aromatic N) is 1. The second-order valence-electron chi connectivity index (χ2n) is 5.76. The number of benzene rings is 1. The summed E-state index contributed by atoms with van der Waals surface area (Å²) < 4.78 is 5.72. The minimum Gasteiger partial charge on any atom is -0.491 e. The molecule has 3 atom stereocenters. The van der Waals surface area contributed by atoms with Crippen molar-refractivity contribution in [2.75, 3.05) is 11.9 Å². The predicted molar refractivity (Wildman–Crippen MR) is 93.4 cm³/mol. The van der Waals surface area contributed by atoms with Crippen molar-refractivity contribution in [3.8, 4) is 5.75 Å². The second-order valence-corrected chi connectivity index (χ2v) is 7.01. The number of carbonyl (C=O) groups excluding carboxylic acids is 1. The van der Waals surface area contributed by atoms with Crippen LogP contribution in [0, 0.1) is 5.92 Å². The molecule has 2 heterocycles. The lowest BCUT2D eigenvalue weighted by Crippen LogP contribution is -2.32. The molecule has 0 saturated heterocycles. The number of ether oxygens (including phenoxy) is 1. The van der Waals surface area contributed by atoms with Crippen LogP contribution in [0.4, 0.5) is 10.6 Å². The summed E-state index contributed by atoms with van der Waals surface area (Å²) in [4.78, 5) is 16.2. The molecule has 0 radical (unpaired) electrons. The molecule has 24 heavy (non-hydrogen) atoms. The highest BCUT2D eigenvalue weighted by Gasteiger charge is 2.56. The van der Waals surface area contributed by atoms with Gasteiger partial charge in [-0.25, -0.2) is 9.78 Å². The van der Waals surface area contributed by atoms with Gasteiger partial charge in [-0.2, -0.15) is 0 Å². The quantitative estimate of drug-likeness (QED) is 0.809. The van der Waals surface area contributed by atoms with Gasteiger partial charge in [0.05, 0.1) is 16.7 Å². The van der Waals surface area contributed by atoms with Gasteiger partial charge in [0.25, 0.3) is 0 Å². The maximum absolute atomic E-state index is 12.2.